The highest BCUT2D eigenvalue weighted by Crippen LogP contribution is 2.40. The number of fused-ring (bicyclic) bond motifs is 1. The SMILES string of the molecule is COc1cc(Br)c(-n2nnc3c(-c4ccccc4C(F)(F)F)nc(C)nc32)c(OC)c1. The topological polar surface area (TPSA) is 75.0 Å². The zero-order valence-corrected chi connectivity index (χ0v) is 18.1. The third-order valence-electron chi connectivity index (χ3n) is 4.57. The second-order valence-corrected chi connectivity index (χ2v) is 7.35. The van der Waals surface area contributed by atoms with Crippen LogP contribution in [-0.4, -0.2) is 39.2 Å². The van der Waals surface area contributed by atoms with Gasteiger partial charge in [0, 0.05) is 11.6 Å². The molecule has 0 fully saturated rings. The van der Waals surface area contributed by atoms with E-state index in [9.17, 15) is 13.2 Å². The number of halogens is 4. The van der Waals surface area contributed by atoms with Crippen molar-refractivity contribution >= 4 is 27.1 Å². The van der Waals surface area contributed by atoms with Crippen molar-refractivity contribution in [3.63, 3.8) is 0 Å². The maximum Gasteiger partial charge on any atom is 0.417 e. The second-order valence-electron chi connectivity index (χ2n) is 6.50. The number of alkyl halides is 3. The summed E-state index contributed by atoms with van der Waals surface area (Å²) in [6.07, 6.45) is -4.56. The summed E-state index contributed by atoms with van der Waals surface area (Å²) in [7, 11) is 3.00. The van der Waals surface area contributed by atoms with Crippen LogP contribution in [0.4, 0.5) is 13.2 Å². The standard InChI is InChI=1S/C20H15BrF3N5O2/c1-10-25-16(12-6-4-5-7-13(12)20(22,23)24)17-19(26-10)29(28-27-17)18-14(21)8-11(30-2)9-15(18)31-3/h4-9H,1-3H3. The maximum absolute atomic E-state index is 13.6. The third kappa shape index (κ3) is 3.69. The molecule has 0 radical (unpaired) electrons. The number of rotatable bonds is 4. The lowest BCUT2D eigenvalue weighted by atomic mass is 10.0. The van der Waals surface area contributed by atoms with E-state index in [2.05, 4.69) is 36.2 Å². The number of aromatic nitrogens is 5. The van der Waals surface area contributed by atoms with Crippen LogP contribution in [0.1, 0.15) is 11.4 Å². The van der Waals surface area contributed by atoms with Gasteiger partial charge in [-0.25, -0.2) is 9.97 Å². The smallest absolute Gasteiger partial charge is 0.417 e. The Kier molecular flexibility index (Phi) is 5.29. The molecule has 2 aromatic carbocycles. The molecule has 0 bridgehead atoms. The Morgan fingerprint density at radius 1 is 1.03 bits per heavy atom. The molecule has 0 spiro atoms. The Bertz CT molecular complexity index is 1290. The quantitative estimate of drug-likeness (QED) is 0.398. The molecule has 11 heteroatoms. The Balaban J connectivity index is 2.01. The van der Waals surface area contributed by atoms with E-state index >= 15 is 0 Å². The van der Waals surface area contributed by atoms with E-state index in [0.717, 1.165) is 6.07 Å². The van der Waals surface area contributed by atoms with E-state index < -0.39 is 11.7 Å². The molecule has 0 atom stereocenters. The van der Waals surface area contributed by atoms with Crippen LogP contribution < -0.4 is 9.47 Å². The monoisotopic (exact) mass is 493 g/mol. The Labute approximate surface area is 183 Å². The summed E-state index contributed by atoms with van der Waals surface area (Å²) >= 11 is 3.47. The molecule has 0 unspecified atom stereocenters. The number of nitrogens with zero attached hydrogens (tertiary/aromatic N) is 5. The van der Waals surface area contributed by atoms with Gasteiger partial charge in [0.25, 0.3) is 0 Å². The van der Waals surface area contributed by atoms with E-state index in [0.29, 0.717) is 21.7 Å². The molecule has 4 rings (SSSR count). The lowest BCUT2D eigenvalue weighted by Crippen LogP contribution is -2.08. The summed E-state index contributed by atoms with van der Waals surface area (Å²) < 4.78 is 53.5. The zero-order chi connectivity index (χ0) is 22.3. The zero-order valence-electron chi connectivity index (χ0n) is 16.5. The molecule has 0 aliphatic heterocycles. The Morgan fingerprint density at radius 3 is 2.45 bits per heavy atom. The lowest BCUT2D eigenvalue weighted by Gasteiger charge is -2.14. The van der Waals surface area contributed by atoms with Crippen LogP contribution in [0.25, 0.3) is 28.1 Å². The predicted octanol–water partition coefficient (Wildman–Crippen LogP) is 4.98. The van der Waals surface area contributed by atoms with Gasteiger partial charge in [0.15, 0.2) is 11.2 Å². The molecule has 0 aliphatic rings. The van der Waals surface area contributed by atoms with Crippen molar-refractivity contribution in [3.8, 4) is 28.4 Å². The highest BCUT2D eigenvalue weighted by atomic mass is 79.9. The van der Waals surface area contributed by atoms with Crippen LogP contribution in [0.3, 0.4) is 0 Å². The fourth-order valence-corrected chi connectivity index (χ4v) is 3.82. The molecule has 0 amide bonds. The molecule has 0 saturated carbocycles. The average molecular weight is 494 g/mol. The molecule has 7 nitrogen and oxygen atoms in total. The van der Waals surface area contributed by atoms with Gasteiger partial charge >= 0.3 is 6.18 Å². The van der Waals surface area contributed by atoms with Crippen molar-refractivity contribution in [3.05, 3.63) is 52.3 Å². The number of hydrogen-bond acceptors (Lipinski definition) is 6. The molecule has 2 aromatic heterocycles. The number of hydrogen-bond donors (Lipinski definition) is 0. The van der Waals surface area contributed by atoms with E-state index in [-0.39, 0.29) is 28.2 Å². The molecule has 31 heavy (non-hydrogen) atoms. The number of methoxy groups -OCH3 is 2. The largest absolute Gasteiger partial charge is 0.497 e. The molecule has 0 saturated heterocycles. The van der Waals surface area contributed by atoms with E-state index in [1.165, 1.54) is 37.1 Å². The van der Waals surface area contributed by atoms with Gasteiger partial charge < -0.3 is 9.47 Å². The van der Waals surface area contributed by atoms with Crippen molar-refractivity contribution < 1.29 is 22.6 Å². The van der Waals surface area contributed by atoms with Crippen molar-refractivity contribution in [1.82, 2.24) is 25.0 Å². The highest BCUT2D eigenvalue weighted by molar-refractivity contribution is 9.10. The summed E-state index contributed by atoms with van der Waals surface area (Å²) in [5.41, 5.74) is -0.0228. The van der Waals surface area contributed by atoms with Gasteiger partial charge in [0.05, 0.1) is 24.3 Å². The predicted molar refractivity (Wildman–Crippen MR) is 110 cm³/mol. The molecule has 4 aromatic rings. The summed E-state index contributed by atoms with van der Waals surface area (Å²) in [5, 5.41) is 8.25. The maximum atomic E-state index is 13.6. The summed E-state index contributed by atoms with van der Waals surface area (Å²) in [4.78, 5) is 8.64. The molecule has 2 heterocycles. The minimum absolute atomic E-state index is 0.0466. The minimum Gasteiger partial charge on any atom is -0.497 e. The van der Waals surface area contributed by atoms with Crippen molar-refractivity contribution in [2.24, 2.45) is 0 Å². The van der Waals surface area contributed by atoms with E-state index in [1.54, 1.807) is 19.1 Å². The first-order chi connectivity index (χ1) is 14.7. The average Bonchev–Trinajstić information content (AvgIpc) is 3.15. The summed E-state index contributed by atoms with van der Waals surface area (Å²) in [5.74, 6) is 1.22. The highest BCUT2D eigenvalue weighted by Gasteiger charge is 2.34. The van der Waals surface area contributed by atoms with E-state index in [4.69, 9.17) is 9.47 Å². The van der Waals surface area contributed by atoms with Crippen LogP contribution >= 0.6 is 15.9 Å². The van der Waals surface area contributed by atoms with Gasteiger partial charge in [-0.05, 0) is 35.0 Å². The second kappa shape index (κ2) is 7.80. The van der Waals surface area contributed by atoms with Crippen LogP contribution in [0.15, 0.2) is 40.9 Å². The first kappa shape index (κ1) is 21.0. The number of ether oxygens (including phenoxy) is 2. The van der Waals surface area contributed by atoms with Crippen LogP contribution in [0.5, 0.6) is 11.5 Å². The Morgan fingerprint density at radius 2 is 1.77 bits per heavy atom. The fraction of sp³-hybridized carbons (Fsp3) is 0.200. The molecular weight excluding hydrogens is 479 g/mol. The van der Waals surface area contributed by atoms with Crippen molar-refractivity contribution in [2.45, 2.75) is 13.1 Å². The lowest BCUT2D eigenvalue weighted by molar-refractivity contribution is -0.137. The summed E-state index contributed by atoms with van der Waals surface area (Å²) in [6.45, 7) is 1.59. The van der Waals surface area contributed by atoms with Crippen LogP contribution in [0, 0.1) is 6.92 Å². The fourth-order valence-electron chi connectivity index (χ4n) is 3.23. The third-order valence-corrected chi connectivity index (χ3v) is 5.17. The van der Waals surface area contributed by atoms with Gasteiger partial charge in [-0.1, -0.05) is 23.4 Å². The Hall–Kier alpha value is -3.21. The molecular formula is C20H15BrF3N5O2. The van der Waals surface area contributed by atoms with Gasteiger partial charge in [-0.15, -0.1) is 5.10 Å². The molecule has 0 N–H and O–H groups in total. The van der Waals surface area contributed by atoms with E-state index in [1.807, 2.05) is 0 Å². The van der Waals surface area contributed by atoms with Gasteiger partial charge in [-0.3, -0.25) is 0 Å². The van der Waals surface area contributed by atoms with Crippen molar-refractivity contribution in [2.75, 3.05) is 14.2 Å². The minimum atomic E-state index is -4.56. The van der Waals surface area contributed by atoms with Crippen LogP contribution in [-0.2, 0) is 6.18 Å². The number of benzene rings is 2. The summed E-state index contributed by atoms with van der Waals surface area (Å²) in [6, 6.07) is 8.56. The molecule has 0 aliphatic carbocycles. The van der Waals surface area contributed by atoms with Crippen LogP contribution in [0.2, 0.25) is 0 Å². The normalized spacial score (nSPS) is 11.7. The first-order valence-corrected chi connectivity index (χ1v) is 9.72. The first-order valence-electron chi connectivity index (χ1n) is 8.93. The molecule has 160 valence electrons. The van der Waals surface area contributed by atoms with Gasteiger partial charge in [-0.2, -0.15) is 17.9 Å². The van der Waals surface area contributed by atoms with Crippen molar-refractivity contribution in [1.29, 1.82) is 0 Å². The number of aryl methyl sites for hydroxylation is 1. The van der Waals surface area contributed by atoms with Gasteiger partial charge in [0.1, 0.15) is 28.7 Å². The van der Waals surface area contributed by atoms with Gasteiger partial charge in [0.2, 0.25) is 0 Å².